The van der Waals surface area contributed by atoms with Gasteiger partial charge in [0.2, 0.25) is 11.8 Å². The van der Waals surface area contributed by atoms with Crippen molar-refractivity contribution >= 4 is 51.8 Å². The van der Waals surface area contributed by atoms with Crippen LogP contribution < -0.4 is 4.90 Å². The number of benzene rings is 3. The van der Waals surface area contributed by atoms with Gasteiger partial charge in [0.25, 0.3) is 0 Å². The Hall–Kier alpha value is -3.29. The molecule has 2 heterocycles. The first-order chi connectivity index (χ1) is 15.5. The number of hydrogen-bond donors (Lipinski definition) is 0. The molecule has 8 heteroatoms. The average molecular weight is 464 g/mol. The molecule has 2 amide bonds. The predicted molar refractivity (Wildman–Crippen MR) is 123 cm³/mol. The van der Waals surface area contributed by atoms with E-state index >= 15 is 0 Å². The van der Waals surface area contributed by atoms with E-state index in [4.69, 9.17) is 16.6 Å². The molecule has 5 rings (SSSR count). The SMILES string of the molecule is O=C1CC(Sc2nc(-c3ccccc3)c3cc(Cl)ccc3n2)C(=O)N1c1ccc(F)cc1. The lowest BCUT2D eigenvalue weighted by molar-refractivity contribution is -0.121. The normalized spacial score (nSPS) is 16.2. The van der Waals surface area contributed by atoms with Crippen LogP contribution in [0, 0.1) is 5.82 Å². The maximum Gasteiger partial charge on any atom is 0.247 e. The van der Waals surface area contributed by atoms with Gasteiger partial charge in [-0.2, -0.15) is 0 Å². The predicted octanol–water partition coefficient (Wildman–Crippen LogP) is 5.51. The molecular formula is C24H15ClFN3O2S. The molecule has 1 fully saturated rings. The van der Waals surface area contributed by atoms with Crippen molar-refractivity contribution in [3.63, 3.8) is 0 Å². The monoisotopic (exact) mass is 463 g/mol. The van der Waals surface area contributed by atoms with E-state index in [2.05, 4.69) is 4.98 Å². The second kappa shape index (κ2) is 8.33. The van der Waals surface area contributed by atoms with Gasteiger partial charge in [0.1, 0.15) is 11.1 Å². The van der Waals surface area contributed by atoms with Gasteiger partial charge < -0.3 is 0 Å². The lowest BCUT2D eigenvalue weighted by Gasteiger charge is -2.15. The molecule has 1 aromatic heterocycles. The number of carbonyl (C=O) groups is 2. The van der Waals surface area contributed by atoms with E-state index in [0.717, 1.165) is 27.6 Å². The lowest BCUT2D eigenvalue weighted by Crippen LogP contribution is -2.31. The lowest BCUT2D eigenvalue weighted by atomic mass is 10.1. The Bertz CT molecular complexity index is 1350. The fourth-order valence-corrected chi connectivity index (χ4v) is 4.79. The van der Waals surface area contributed by atoms with Gasteiger partial charge in [-0.25, -0.2) is 19.3 Å². The molecule has 1 aliphatic rings. The standard InChI is InChI=1S/C24H15ClFN3O2S/c25-15-6-11-19-18(12-15)22(14-4-2-1-3-5-14)28-24(27-19)32-20-13-21(30)29(23(20)31)17-9-7-16(26)8-10-17/h1-12,20H,13H2. The zero-order chi connectivity index (χ0) is 22.2. The highest BCUT2D eigenvalue weighted by Gasteiger charge is 2.40. The van der Waals surface area contributed by atoms with Crippen LogP contribution in [0.15, 0.2) is 78.0 Å². The number of halogens is 2. The number of thioether (sulfide) groups is 1. The summed E-state index contributed by atoms with van der Waals surface area (Å²) >= 11 is 7.35. The molecule has 0 aliphatic carbocycles. The van der Waals surface area contributed by atoms with Crippen molar-refractivity contribution < 1.29 is 14.0 Å². The molecule has 1 saturated heterocycles. The van der Waals surface area contributed by atoms with Crippen LogP contribution in [0.1, 0.15) is 6.42 Å². The van der Waals surface area contributed by atoms with Gasteiger partial charge in [0, 0.05) is 22.4 Å². The summed E-state index contributed by atoms with van der Waals surface area (Å²) in [5.74, 6) is -1.14. The van der Waals surface area contributed by atoms with Crippen molar-refractivity contribution in [2.24, 2.45) is 0 Å². The van der Waals surface area contributed by atoms with E-state index in [1.54, 1.807) is 6.07 Å². The van der Waals surface area contributed by atoms with Gasteiger partial charge >= 0.3 is 0 Å². The number of rotatable bonds is 4. The summed E-state index contributed by atoms with van der Waals surface area (Å²) in [6, 6.07) is 20.3. The average Bonchev–Trinajstić information content (AvgIpc) is 3.07. The minimum absolute atomic E-state index is 0.0174. The number of anilines is 1. The Labute approximate surface area is 192 Å². The largest absolute Gasteiger partial charge is 0.274 e. The molecule has 3 aromatic carbocycles. The highest BCUT2D eigenvalue weighted by atomic mass is 35.5. The van der Waals surface area contributed by atoms with Crippen molar-refractivity contribution in [3.05, 3.63) is 83.6 Å². The summed E-state index contributed by atoms with van der Waals surface area (Å²) in [7, 11) is 0. The van der Waals surface area contributed by atoms with Crippen molar-refractivity contribution in [2.45, 2.75) is 16.8 Å². The summed E-state index contributed by atoms with van der Waals surface area (Å²) in [6.45, 7) is 0. The minimum atomic E-state index is -0.666. The van der Waals surface area contributed by atoms with E-state index < -0.39 is 11.1 Å². The Balaban J connectivity index is 1.50. The summed E-state index contributed by atoms with van der Waals surface area (Å²) in [4.78, 5) is 35.9. The van der Waals surface area contributed by atoms with E-state index in [-0.39, 0.29) is 18.2 Å². The number of amides is 2. The molecule has 0 spiro atoms. The molecule has 5 nitrogen and oxygen atoms in total. The first kappa shape index (κ1) is 20.6. The summed E-state index contributed by atoms with van der Waals surface area (Å²) in [5, 5.41) is 1.10. The number of carbonyl (C=O) groups excluding carboxylic acids is 2. The quantitative estimate of drug-likeness (QED) is 0.295. The molecule has 1 atom stereocenters. The Morgan fingerprint density at radius 1 is 0.969 bits per heavy atom. The van der Waals surface area contributed by atoms with Crippen LogP contribution in [-0.4, -0.2) is 27.0 Å². The topological polar surface area (TPSA) is 63.2 Å². The minimum Gasteiger partial charge on any atom is -0.274 e. The maximum atomic E-state index is 13.2. The van der Waals surface area contributed by atoms with Gasteiger partial charge in [-0.3, -0.25) is 9.59 Å². The summed E-state index contributed by atoms with van der Waals surface area (Å²) < 4.78 is 13.2. The van der Waals surface area contributed by atoms with Crippen molar-refractivity contribution in [2.75, 3.05) is 4.90 Å². The van der Waals surface area contributed by atoms with Crippen LogP contribution in [-0.2, 0) is 9.59 Å². The van der Waals surface area contributed by atoms with E-state index in [1.807, 2.05) is 42.5 Å². The second-order valence-electron chi connectivity index (χ2n) is 7.24. The number of hydrogen-bond acceptors (Lipinski definition) is 5. The molecule has 1 unspecified atom stereocenters. The molecule has 158 valence electrons. The number of fused-ring (bicyclic) bond motifs is 1. The third kappa shape index (κ3) is 3.85. The van der Waals surface area contributed by atoms with Gasteiger partial charge in [0.15, 0.2) is 5.16 Å². The highest BCUT2D eigenvalue weighted by Crippen LogP contribution is 2.35. The number of nitrogens with zero attached hydrogens (tertiary/aromatic N) is 3. The number of aromatic nitrogens is 2. The molecule has 32 heavy (non-hydrogen) atoms. The van der Waals surface area contributed by atoms with Crippen LogP contribution >= 0.6 is 23.4 Å². The molecular weight excluding hydrogens is 449 g/mol. The first-order valence-corrected chi connectivity index (χ1v) is 11.1. The van der Waals surface area contributed by atoms with Crippen molar-refractivity contribution in [1.82, 2.24) is 9.97 Å². The third-order valence-corrected chi connectivity index (χ3v) is 6.40. The second-order valence-corrected chi connectivity index (χ2v) is 8.84. The van der Waals surface area contributed by atoms with E-state index in [9.17, 15) is 14.0 Å². The molecule has 0 bridgehead atoms. The van der Waals surface area contributed by atoms with E-state index in [1.165, 1.54) is 24.3 Å². The highest BCUT2D eigenvalue weighted by molar-refractivity contribution is 8.00. The van der Waals surface area contributed by atoms with Crippen LogP contribution in [0.2, 0.25) is 5.02 Å². The molecule has 4 aromatic rings. The summed E-state index contributed by atoms with van der Waals surface area (Å²) in [5.41, 5.74) is 2.64. The van der Waals surface area contributed by atoms with Crippen molar-refractivity contribution in [3.8, 4) is 11.3 Å². The van der Waals surface area contributed by atoms with Gasteiger partial charge in [-0.15, -0.1) is 0 Å². The fourth-order valence-electron chi connectivity index (χ4n) is 3.63. The maximum absolute atomic E-state index is 13.2. The van der Waals surface area contributed by atoms with Crippen LogP contribution in [0.4, 0.5) is 10.1 Å². The van der Waals surface area contributed by atoms with Crippen molar-refractivity contribution in [1.29, 1.82) is 0 Å². The van der Waals surface area contributed by atoms with Crippen LogP contribution in [0.5, 0.6) is 0 Å². The third-order valence-electron chi connectivity index (χ3n) is 5.12. The zero-order valence-electron chi connectivity index (χ0n) is 16.5. The number of imide groups is 1. The fraction of sp³-hybridized carbons (Fsp3) is 0.0833. The summed E-state index contributed by atoms with van der Waals surface area (Å²) in [6.07, 6.45) is 0.0174. The zero-order valence-corrected chi connectivity index (χ0v) is 18.1. The Morgan fingerprint density at radius 3 is 2.47 bits per heavy atom. The van der Waals surface area contributed by atoms with E-state index in [0.29, 0.717) is 27.1 Å². The molecule has 0 saturated carbocycles. The molecule has 1 aliphatic heterocycles. The molecule has 0 N–H and O–H groups in total. The van der Waals surface area contributed by atoms with Gasteiger partial charge in [-0.1, -0.05) is 53.7 Å². The van der Waals surface area contributed by atoms with Gasteiger partial charge in [-0.05, 0) is 42.5 Å². The van der Waals surface area contributed by atoms with Crippen LogP contribution in [0.3, 0.4) is 0 Å². The van der Waals surface area contributed by atoms with Gasteiger partial charge in [0.05, 0.1) is 16.9 Å². The smallest absolute Gasteiger partial charge is 0.247 e. The van der Waals surface area contributed by atoms with Crippen LogP contribution in [0.25, 0.3) is 22.2 Å². The first-order valence-electron chi connectivity index (χ1n) is 9.81. The molecule has 0 radical (unpaired) electrons. The Morgan fingerprint density at radius 2 is 1.72 bits per heavy atom. The Kier molecular flexibility index (Phi) is 5.36.